The predicted molar refractivity (Wildman–Crippen MR) is 168 cm³/mol. The first-order chi connectivity index (χ1) is 21.2. The second-order valence-corrected chi connectivity index (χ2v) is 14.5. The van der Waals surface area contributed by atoms with Crippen molar-refractivity contribution in [3.63, 3.8) is 0 Å². The Morgan fingerprint density at radius 3 is 2.41 bits per heavy atom. The van der Waals surface area contributed by atoms with Crippen LogP contribution in [-0.4, -0.2) is 91.2 Å². The molecule has 12 heteroatoms. The van der Waals surface area contributed by atoms with Gasteiger partial charge in [0.25, 0.3) is 0 Å². The fourth-order valence-corrected chi connectivity index (χ4v) is 7.64. The molecule has 2 aromatic heterocycles. The number of hydrogen-bond donors (Lipinski definition) is 0. The summed E-state index contributed by atoms with van der Waals surface area (Å²) >= 11 is 0. The molecule has 236 valence electrons. The number of fused-ring (bicyclic) bond motifs is 1. The average Bonchev–Trinajstić information content (AvgIpc) is 3.01. The van der Waals surface area contributed by atoms with Gasteiger partial charge in [0.15, 0.2) is 9.84 Å². The fourth-order valence-electron chi connectivity index (χ4n) is 6.87. The van der Waals surface area contributed by atoms with Crippen molar-refractivity contribution in [2.24, 2.45) is 0 Å². The molecule has 3 fully saturated rings. The molecule has 0 aliphatic carbocycles. The van der Waals surface area contributed by atoms with Crippen molar-refractivity contribution in [3.8, 4) is 17.1 Å². The quantitative estimate of drug-likeness (QED) is 0.361. The van der Waals surface area contributed by atoms with Gasteiger partial charge < -0.3 is 14.5 Å². The molecule has 3 aliphatic heterocycles. The largest absolute Gasteiger partial charge is 0.481 e. The van der Waals surface area contributed by atoms with E-state index in [1.807, 2.05) is 0 Å². The Kier molecular flexibility index (Phi) is 9.00. The number of anilines is 1. The molecule has 0 saturated carbocycles. The van der Waals surface area contributed by atoms with Crippen molar-refractivity contribution in [3.05, 3.63) is 41.3 Å². The highest BCUT2D eigenvalue weighted by Gasteiger charge is 2.30. The van der Waals surface area contributed by atoms with Gasteiger partial charge >= 0.3 is 0 Å². The lowest BCUT2D eigenvalue weighted by molar-refractivity contribution is -0.136. The fraction of sp³-hybridized carbons (Fsp3) is 0.562. The minimum atomic E-state index is -3.37. The standard InChI is InChI=1S/C32H41FN6O4S/c1-43-31-24(21-44(2,41)42)16-22(19-34-31)29-27-18-25(33)17-23(30(27)36-32(35-29)38-11-5-3-6-12-38)20-37-14-9-26(10-15-37)39-13-7-4-8-28(39)40/h16-19,26H,3-15,20-21H2,1-2H3. The van der Waals surface area contributed by atoms with E-state index in [-0.39, 0.29) is 29.4 Å². The van der Waals surface area contributed by atoms with Crippen LogP contribution in [0.15, 0.2) is 24.4 Å². The van der Waals surface area contributed by atoms with E-state index in [9.17, 15) is 13.2 Å². The van der Waals surface area contributed by atoms with E-state index in [2.05, 4.69) is 19.7 Å². The van der Waals surface area contributed by atoms with Gasteiger partial charge in [-0.25, -0.2) is 27.8 Å². The number of likely N-dealkylation sites (tertiary alicyclic amines) is 2. The highest BCUT2D eigenvalue weighted by molar-refractivity contribution is 7.89. The number of aromatic nitrogens is 3. The number of nitrogens with zero attached hydrogens (tertiary/aromatic N) is 6. The Labute approximate surface area is 258 Å². The number of pyridine rings is 1. The molecule has 5 heterocycles. The lowest BCUT2D eigenvalue weighted by atomic mass is 9.98. The van der Waals surface area contributed by atoms with E-state index < -0.39 is 9.84 Å². The zero-order valence-corrected chi connectivity index (χ0v) is 26.4. The van der Waals surface area contributed by atoms with Gasteiger partial charge in [-0.05, 0) is 68.7 Å². The van der Waals surface area contributed by atoms with E-state index in [4.69, 9.17) is 14.7 Å². The summed E-state index contributed by atoms with van der Waals surface area (Å²) in [5, 5.41) is 0.562. The van der Waals surface area contributed by atoms with Gasteiger partial charge in [-0.1, -0.05) is 0 Å². The Balaban J connectivity index is 1.37. The van der Waals surface area contributed by atoms with Gasteiger partial charge in [0.2, 0.25) is 17.7 Å². The van der Waals surface area contributed by atoms with Crippen LogP contribution in [0.5, 0.6) is 5.88 Å². The summed E-state index contributed by atoms with van der Waals surface area (Å²) in [5.74, 6) is 0.471. The molecule has 3 aromatic rings. The third-order valence-corrected chi connectivity index (χ3v) is 9.87. The summed E-state index contributed by atoms with van der Waals surface area (Å²) in [5.41, 5.74) is 2.99. The van der Waals surface area contributed by atoms with E-state index in [0.717, 1.165) is 83.2 Å². The summed E-state index contributed by atoms with van der Waals surface area (Å²) in [6.07, 6.45) is 10.5. The number of halogens is 1. The molecule has 3 saturated heterocycles. The second kappa shape index (κ2) is 12.9. The van der Waals surface area contributed by atoms with Crippen LogP contribution in [0.3, 0.4) is 0 Å². The van der Waals surface area contributed by atoms with Gasteiger partial charge in [-0.2, -0.15) is 0 Å². The number of carbonyl (C=O) groups excluding carboxylic acids is 1. The van der Waals surface area contributed by atoms with Crippen molar-refractivity contribution in [1.29, 1.82) is 0 Å². The minimum Gasteiger partial charge on any atom is -0.481 e. The predicted octanol–water partition coefficient (Wildman–Crippen LogP) is 4.35. The maximum Gasteiger partial charge on any atom is 0.226 e. The van der Waals surface area contributed by atoms with Gasteiger partial charge in [-0.3, -0.25) is 9.69 Å². The van der Waals surface area contributed by atoms with E-state index >= 15 is 4.39 Å². The zero-order valence-electron chi connectivity index (χ0n) is 25.6. The number of ether oxygens (including phenoxy) is 1. The van der Waals surface area contributed by atoms with E-state index in [0.29, 0.717) is 46.6 Å². The number of rotatable bonds is 8. The Hall–Kier alpha value is -3.38. The lowest BCUT2D eigenvalue weighted by Crippen LogP contribution is -2.48. The van der Waals surface area contributed by atoms with Crippen LogP contribution in [0, 0.1) is 5.82 Å². The normalized spacial score (nSPS) is 19.1. The molecule has 3 aliphatic rings. The summed E-state index contributed by atoms with van der Waals surface area (Å²) in [4.78, 5) is 33.5. The van der Waals surface area contributed by atoms with Crippen LogP contribution >= 0.6 is 0 Å². The zero-order chi connectivity index (χ0) is 30.8. The van der Waals surface area contributed by atoms with Crippen molar-refractivity contribution in [2.45, 2.75) is 69.7 Å². The Bertz CT molecular complexity index is 1640. The van der Waals surface area contributed by atoms with Crippen LogP contribution in [0.4, 0.5) is 10.3 Å². The summed E-state index contributed by atoms with van der Waals surface area (Å²) in [6.45, 7) is 4.70. The number of piperidine rings is 3. The van der Waals surface area contributed by atoms with Crippen LogP contribution < -0.4 is 9.64 Å². The topological polar surface area (TPSA) is 109 Å². The highest BCUT2D eigenvalue weighted by atomic mass is 32.2. The molecular formula is C32H41FN6O4S. The van der Waals surface area contributed by atoms with E-state index in [1.165, 1.54) is 19.4 Å². The van der Waals surface area contributed by atoms with Gasteiger partial charge in [0.1, 0.15) is 5.82 Å². The molecule has 0 atom stereocenters. The van der Waals surface area contributed by atoms with Crippen LogP contribution in [-0.2, 0) is 26.9 Å². The molecule has 10 nitrogen and oxygen atoms in total. The highest BCUT2D eigenvalue weighted by Crippen LogP contribution is 2.34. The molecular weight excluding hydrogens is 583 g/mol. The number of benzene rings is 1. The monoisotopic (exact) mass is 624 g/mol. The first-order valence-electron chi connectivity index (χ1n) is 15.7. The molecule has 1 aromatic carbocycles. The van der Waals surface area contributed by atoms with Crippen molar-refractivity contribution >= 4 is 32.6 Å². The van der Waals surface area contributed by atoms with Crippen LogP contribution in [0.2, 0.25) is 0 Å². The SMILES string of the molecule is COc1ncc(-c2nc(N3CCCCC3)nc3c(CN4CCC(N5CCCCC5=O)CC4)cc(F)cc23)cc1CS(C)(=O)=O. The lowest BCUT2D eigenvalue weighted by Gasteiger charge is -2.40. The molecule has 0 N–H and O–H groups in total. The first-order valence-corrected chi connectivity index (χ1v) is 17.7. The number of hydrogen-bond acceptors (Lipinski definition) is 9. The summed E-state index contributed by atoms with van der Waals surface area (Å²) in [7, 11) is -1.91. The van der Waals surface area contributed by atoms with Crippen molar-refractivity contribution < 1.29 is 22.3 Å². The van der Waals surface area contributed by atoms with Gasteiger partial charge in [0, 0.05) is 80.7 Å². The maximum atomic E-state index is 15.3. The minimum absolute atomic E-state index is 0.232. The summed E-state index contributed by atoms with van der Waals surface area (Å²) in [6, 6.07) is 5.03. The second-order valence-electron chi connectivity index (χ2n) is 12.4. The molecule has 44 heavy (non-hydrogen) atoms. The molecule has 1 amide bonds. The molecule has 6 rings (SSSR count). The molecule has 0 bridgehead atoms. The van der Waals surface area contributed by atoms with Crippen molar-refractivity contribution in [1.82, 2.24) is 24.8 Å². The molecule has 0 spiro atoms. The average molecular weight is 625 g/mol. The third kappa shape index (κ3) is 6.81. The number of carbonyl (C=O) groups is 1. The molecule has 0 radical (unpaired) electrons. The van der Waals surface area contributed by atoms with Crippen LogP contribution in [0.1, 0.15) is 62.5 Å². The van der Waals surface area contributed by atoms with Gasteiger partial charge in [-0.15, -0.1) is 0 Å². The first kappa shape index (κ1) is 30.6. The Morgan fingerprint density at radius 2 is 1.70 bits per heavy atom. The summed E-state index contributed by atoms with van der Waals surface area (Å²) < 4.78 is 45.1. The Morgan fingerprint density at radius 1 is 0.955 bits per heavy atom. The van der Waals surface area contributed by atoms with Crippen molar-refractivity contribution in [2.75, 3.05) is 51.0 Å². The maximum absolute atomic E-state index is 15.3. The number of amides is 1. The molecule has 0 unspecified atom stereocenters. The number of methoxy groups -OCH3 is 1. The van der Waals surface area contributed by atoms with Crippen LogP contribution in [0.25, 0.3) is 22.2 Å². The number of sulfone groups is 1. The van der Waals surface area contributed by atoms with Gasteiger partial charge in [0.05, 0.1) is 24.1 Å². The van der Waals surface area contributed by atoms with E-state index in [1.54, 1.807) is 18.3 Å². The third-order valence-electron chi connectivity index (χ3n) is 9.03. The smallest absolute Gasteiger partial charge is 0.226 e.